The molecule has 0 bridgehead atoms. The van der Waals surface area contributed by atoms with Gasteiger partial charge in [-0.2, -0.15) is 8.42 Å². The van der Waals surface area contributed by atoms with Gasteiger partial charge in [0.15, 0.2) is 17.3 Å². The van der Waals surface area contributed by atoms with Gasteiger partial charge in [0.2, 0.25) is 10.0 Å². The fraction of sp³-hybridized carbons (Fsp3) is 0.294. The SMILES string of the molecule is CS(=O)(=O)Oc1cc2c(c(F)c1O)CCNCC2c1ccc(S(N)(=O)=O)cc1. The fourth-order valence-electron chi connectivity index (χ4n) is 3.22. The molecule has 1 atom stereocenters. The summed E-state index contributed by atoms with van der Waals surface area (Å²) in [6.07, 6.45) is 1.07. The maximum absolute atomic E-state index is 14.8. The second kappa shape index (κ2) is 7.32. The average molecular weight is 430 g/mol. The van der Waals surface area contributed by atoms with Crippen molar-refractivity contribution in [1.82, 2.24) is 5.32 Å². The number of nitrogens with one attached hydrogen (secondary N) is 1. The van der Waals surface area contributed by atoms with E-state index >= 15 is 0 Å². The quantitative estimate of drug-likeness (QED) is 0.610. The number of primary sulfonamides is 1. The van der Waals surface area contributed by atoms with Crippen LogP contribution in [0, 0.1) is 5.82 Å². The first-order valence-electron chi connectivity index (χ1n) is 8.24. The third-order valence-corrected chi connectivity index (χ3v) is 5.88. The minimum absolute atomic E-state index is 0.0592. The molecular formula is C17H19FN2O6S2. The van der Waals surface area contributed by atoms with Gasteiger partial charge in [-0.15, -0.1) is 0 Å². The first-order valence-corrected chi connectivity index (χ1v) is 11.6. The number of hydrogen-bond acceptors (Lipinski definition) is 7. The number of nitrogens with two attached hydrogens (primary N) is 1. The summed E-state index contributed by atoms with van der Waals surface area (Å²) in [7, 11) is -7.83. The van der Waals surface area contributed by atoms with Crippen molar-refractivity contribution < 1.29 is 30.5 Å². The molecule has 2 aromatic carbocycles. The number of aromatic hydroxyl groups is 1. The maximum atomic E-state index is 14.8. The first kappa shape index (κ1) is 20.5. The molecule has 3 rings (SSSR count). The molecule has 152 valence electrons. The summed E-state index contributed by atoms with van der Waals surface area (Å²) in [6, 6.07) is 7.12. The lowest BCUT2D eigenvalue weighted by molar-refractivity contribution is 0.397. The number of benzene rings is 2. The van der Waals surface area contributed by atoms with E-state index in [1.54, 1.807) is 12.1 Å². The predicted octanol–water partition coefficient (Wildman–Crippen LogP) is 0.795. The minimum atomic E-state index is -3.98. The zero-order chi connectivity index (χ0) is 20.7. The largest absolute Gasteiger partial charge is 0.502 e. The van der Waals surface area contributed by atoms with Crippen LogP contribution in [0.4, 0.5) is 4.39 Å². The molecule has 0 saturated carbocycles. The Bertz CT molecular complexity index is 1120. The highest BCUT2D eigenvalue weighted by molar-refractivity contribution is 7.89. The molecule has 4 N–H and O–H groups in total. The molecule has 1 heterocycles. The summed E-state index contributed by atoms with van der Waals surface area (Å²) in [4.78, 5) is -0.0592. The van der Waals surface area contributed by atoms with Gasteiger partial charge in [-0.25, -0.2) is 17.9 Å². The van der Waals surface area contributed by atoms with E-state index < -0.39 is 43.4 Å². The minimum Gasteiger partial charge on any atom is -0.502 e. The van der Waals surface area contributed by atoms with Crippen LogP contribution in [0.15, 0.2) is 35.2 Å². The second-order valence-electron chi connectivity index (χ2n) is 6.51. The smallest absolute Gasteiger partial charge is 0.306 e. The van der Waals surface area contributed by atoms with Crippen LogP contribution in [0.3, 0.4) is 0 Å². The lowest BCUT2D eigenvalue weighted by atomic mass is 9.87. The molecule has 0 aliphatic carbocycles. The van der Waals surface area contributed by atoms with Crippen LogP contribution in [0.1, 0.15) is 22.6 Å². The molecule has 0 fully saturated rings. The molecule has 0 saturated heterocycles. The molecule has 1 aliphatic rings. The van der Waals surface area contributed by atoms with E-state index in [9.17, 15) is 26.3 Å². The maximum Gasteiger partial charge on any atom is 0.306 e. The van der Waals surface area contributed by atoms with Crippen LogP contribution < -0.4 is 14.6 Å². The Kier molecular flexibility index (Phi) is 5.36. The topological polar surface area (TPSA) is 136 Å². The Labute approximate surface area is 162 Å². The number of rotatable bonds is 4. The van der Waals surface area contributed by atoms with Gasteiger partial charge in [-0.3, -0.25) is 0 Å². The molecule has 8 nitrogen and oxygen atoms in total. The third-order valence-electron chi connectivity index (χ3n) is 4.47. The van der Waals surface area contributed by atoms with E-state index in [1.165, 1.54) is 18.2 Å². The Hall–Kier alpha value is -2.21. The molecule has 11 heteroatoms. The van der Waals surface area contributed by atoms with E-state index in [0.717, 1.165) is 6.26 Å². The summed E-state index contributed by atoms with van der Waals surface area (Å²) < 4.78 is 65.3. The Balaban J connectivity index is 2.13. The van der Waals surface area contributed by atoms with Crippen molar-refractivity contribution in [1.29, 1.82) is 0 Å². The lowest BCUT2D eigenvalue weighted by Crippen LogP contribution is -2.21. The van der Waals surface area contributed by atoms with Crippen molar-refractivity contribution in [2.24, 2.45) is 5.14 Å². The standard InChI is InChI=1S/C17H19FN2O6S2/c1-27(22,23)26-15-8-13-12(16(18)17(15)21)6-7-20-9-14(13)10-2-4-11(5-3-10)28(19,24)25/h2-5,8,14,20-21H,6-7,9H2,1H3,(H2,19,24,25). The van der Waals surface area contributed by atoms with E-state index in [-0.39, 0.29) is 16.9 Å². The molecule has 28 heavy (non-hydrogen) atoms. The summed E-state index contributed by atoms with van der Waals surface area (Å²) >= 11 is 0. The van der Waals surface area contributed by atoms with Crippen LogP contribution in [0.5, 0.6) is 11.5 Å². The first-order chi connectivity index (χ1) is 13.0. The van der Waals surface area contributed by atoms with E-state index in [2.05, 4.69) is 5.32 Å². The van der Waals surface area contributed by atoms with Crippen LogP contribution in [0.2, 0.25) is 0 Å². The van der Waals surface area contributed by atoms with Gasteiger partial charge >= 0.3 is 10.1 Å². The number of sulfonamides is 1. The van der Waals surface area contributed by atoms with Crippen molar-refractivity contribution in [2.75, 3.05) is 19.3 Å². The van der Waals surface area contributed by atoms with Gasteiger partial charge in [0.05, 0.1) is 11.2 Å². The molecule has 0 aromatic heterocycles. The van der Waals surface area contributed by atoms with Crippen molar-refractivity contribution in [2.45, 2.75) is 17.2 Å². The normalized spacial score (nSPS) is 17.6. The average Bonchev–Trinajstić information content (AvgIpc) is 2.80. The fourth-order valence-corrected chi connectivity index (χ4v) is 4.19. The molecule has 0 amide bonds. The van der Waals surface area contributed by atoms with E-state index in [0.29, 0.717) is 24.2 Å². The number of fused-ring (bicyclic) bond motifs is 1. The van der Waals surface area contributed by atoms with Gasteiger partial charge in [-0.05, 0) is 47.9 Å². The molecule has 0 spiro atoms. The number of phenolic OH excluding ortho intramolecular Hbond substituents is 1. The van der Waals surface area contributed by atoms with Crippen LogP contribution in [0.25, 0.3) is 0 Å². The highest BCUT2D eigenvalue weighted by Gasteiger charge is 2.28. The van der Waals surface area contributed by atoms with Gasteiger partial charge in [-0.1, -0.05) is 12.1 Å². The monoisotopic (exact) mass is 430 g/mol. The van der Waals surface area contributed by atoms with Crippen molar-refractivity contribution in [3.63, 3.8) is 0 Å². The number of phenols is 1. The summed E-state index contributed by atoms with van der Waals surface area (Å²) in [5, 5.41) is 18.3. The van der Waals surface area contributed by atoms with Crippen molar-refractivity contribution >= 4 is 20.1 Å². The Morgan fingerprint density at radius 3 is 2.43 bits per heavy atom. The van der Waals surface area contributed by atoms with Crippen LogP contribution >= 0.6 is 0 Å². The molecule has 1 aliphatic heterocycles. The Morgan fingerprint density at radius 2 is 1.86 bits per heavy atom. The molecular weight excluding hydrogens is 411 g/mol. The highest BCUT2D eigenvalue weighted by atomic mass is 32.2. The van der Waals surface area contributed by atoms with Gasteiger partial charge in [0.25, 0.3) is 0 Å². The van der Waals surface area contributed by atoms with Crippen molar-refractivity contribution in [3.05, 3.63) is 52.8 Å². The number of hydrogen-bond donors (Lipinski definition) is 3. The summed E-state index contributed by atoms with van der Waals surface area (Å²) in [5.41, 5.74) is 1.35. The molecule has 1 unspecified atom stereocenters. The zero-order valence-electron chi connectivity index (χ0n) is 14.8. The highest BCUT2D eigenvalue weighted by Crippen LogP contribution is 2.40. The van der Waals surface area contributed by atoms with E-state index in [4.69, 9.17) is 9.32 Å². The third kappa shape index (κ3) is 4.27. The second-order valence-corrected chi connectivity index (χ2v) is 9.65. The van der Waals surface area contributed by atoms with Gasteiger partial charge in [0.1, 0.15) is 0 Å². The Morgan fingerprint density at radius 1 is 1.21 bits per heavy atom. The van der Waals surface area contributed by atoms with E-state index in [1.807, 2.05) is 0 Å². The van der Waals surface area contributed by atoms with Crippen LogP contribution in [-0.2, 0) is 26.6 Å². The molecule has 2 aromatic rings. The zero-order valence-corrected chi connectivity index (χ0v) is 16.5. The summed E-state index contributed by atoms with van der Waals surface area (Å²) in [6.45, 7) is 0.839. The molecule has 0 radical (unpaired) electrons. The van der Waals surface area contributed by atoms with Crippen LogP contribution in [-0.4, -0.2) is 41.3 Å². The predicted molar refractivity (Wildman–Crippen MR) is 99.8 cm³/mol. The lowest BCUT2D eigenvalue weighted by Gasteiger charge is -2.20. The van der Waals surface area contributed by atoms with Crippen molar-refractivity contribution in [3.8, 4) is 11.5 Å². The van der Waals surface area contributed by atoms with Gasteiger partial charge < -0.3 is 14.6 Å². The number of halogens is 1. The van der Waals surface area contributed by atoms with Gasteiger partial charge in [0, 0.05) is 12.5 Å². The summed E-state index contributed by atoms with van der Waals surface area (Å²) in [5.74, 6) is -2.73.